The number of halogens is 1. The van der Waals surface area contributed by atoms with E-state index in [9.17, 15) is 4.79 Å². The Morgan fingerprint density at radius 1 is 1.50 bits per heavy atom. The number of nitrogens with one attached hydrogen (secondary N) is 1. The second kappa shape index (κ2) is 6.43. The van der Waals surface area contributed by atoms with Gasteiger partial charge in [-0.05, 0) is 19.9 Å². The van der Waals surface area contributed by atoms with Crippen molar-refractivity contribution in [2.24, 2.45) is 0 Å². The number of likely N-dealkylation sites (tertiary alicyclic amines) is 1. The fourth-order valence-corrected chi connectivity index (χ4v) is 1.34. The molecule has 12 heavy (non-hydrogen) atoms. The van der Waals surface area contributed by atoms with Gasteiger partial charge < -0.3 is 10.2 Å². The van der Waals surface area contributed by atoms with E-state index in [1.807, 2.05) is 11.9 Å². The van der Waals surface area contributed by atoms with Gasteiger partial charge in [-0.25, -0.2) is 0 Å². The Morgan fingerprint density at radius 2 is 2.25 bits per heavy atom. The number of hydrogen-bond donors (Lipinski definition) is 1. The van der Waals surface area contributed by atoms with Crippen LogP contribution < -0.4 is 5.32 Å². The molecular weight excluding hydrogens is 220 g/mol. The van der Waals surface area contributed by atoms with Gasteiger partial charge in [0, 0.05) is 26.1 Å². The maximum atomic E-state index is 11.2. The van der Waals surface area contributed by atoms with Crippen LogP contribution in [0.2, 0.25) is 0 Å². The number of rotatable bonds is 3. The van der Waals surface area contributed by atoms with Crippen molar-refractivity contribution in [1.82, 2.24) is 10.2 Å². The van der Waals surface area contributed by atoms with Gasteiger partial charge in [0.25, 0.3) is 0 Å². The van der Waals surface area contributed by atoms with E-state index >= 15 is 0 Å². The third kappa shape index (κ3) is 3.54. The van der Waals surface area contributed by atoms with Gasteiger partial charge in [-0.15, -0.1) is 17.0 Å². The highest BCUT2D eigenvalue weighted by molar-refractivity contribution is 8.93. The maximum absolute atomic E-state index is 11.2. The number of likely N-dealkylation sites (N-methyl/N-ethyl adjacent to an activating group) is 1. The number of amides is 1. The standard InChI is InChI=1S/C8H16N2O.BrH/c1-9-5-7-10-6-3-2-4-8(10)11;/h9H,2-7H2,1H3;1H. The van der Waals surface area contributed by atoms with Crippen molar-refractivity contribution in [3.8, 4) is 0 Å². The molecule has 1 N–H and O–H groups in total. The Labute approximate surface area is 84.3 Å². The van der Waals surface area contributed by atoms with Crippen molar-refractivity contribution in [2.45, 2.75) is 19.3 Å². The molecule has 0 aromatic carbocycles. The summed E-state index contributed by atoms with van der Waals surface area (Å²) in [6.45, 7) is 2.74. The predicted octanol–water partition coefficient (Wildman–Crippen LogP) is 0.796. The Morgan fingerprint density at radius 3 is 2.83 bits per heavy atom. The van der Waals surface area contributed by atoms with Gasteiger partial charge in [0.05, 0.1) is 0 Å². The zero-order valence-electron chi connectivity index (χ0n) is 7.51. The summed E-state index contributed by atoms with van der Waals surface area (Å²) in [6, 6.07) is 0. The van der Waals surface area contributed by atoms with Crippen molar-refractivity contribution >= 4 is 22.9 Å². The lowest BCUT2D eigenvalue weighted by Crippen LogP contribution is -2.39. The van der Waals surface area contributed by atoms with Crippen LogP contribution in [-0.2, 0) is 4.79 Å². The number of hydrogen-bond acceptors (Lipinski definition) is 2. The summed E-state index contributed by atoms with van der Waals surface area (Å²) < 4.78 is 0. The zero-order chi connectivity index (χ0) is 8.10. The molecule has 0 atom stereocenters. The second-order valence-corrected chi connectivity index (χ2v) is 2.94. The van der Waals surface area contributed by atoms with Crippen molar-refractivity contribution in [2.75, 3.05) is 26.7 Å². The molecular formula is C8H17BrN2O. The summed E-state index contributed by atoms with van der Waals surface area (Å²) in [6.07, 6.45) is 3.01. The van der Waals surface area contributed by atoms with E-state index in [4.69, 9.17) is 0 Å². The zero-order valence-corrected chi connectivity index (χ0v) is 9.22. The molecule has 3 nitrogen and oxygen atoms in total. The molecule has 0 spiro atoms. The van der Waals surface area contributed by atoms with Crippen LogP contribution in [0.1, 0.15) is 19.3 Å². The molecule has 0 saturated carbocycles. The Hall–Kier alpha value is -0.0900. The van der Waals surface area contributed by atoms with E-state index < -0.39 is 0 Å². The number of carbonyl (C=O) groups is 1. The van der Waals surface area contributed by atoms with Crippen molar-refractivity contribution in [3.63, 3.8) is 0 Å². The minimum Gasteiger partial charge on any atom is -0.341 e. The monoisotopic (exact) mass is 236 g/mol. The highest BCUT2D eigenvalue weighted by atomic mass is 79.9. The highest BCUT2D eigenvalue weighted by Crippen LogP contribution is 2.08. The van der Waals surface area contributed by atoms with Crippen LogP contribution in [0.5, 0.6) is 0 Å². The first-order valence-corrected chi connectivity index (χ1v) is 4.27. The van der Waals surface area contributed by atoms with Crippen molar-refractivity contribution in [3.05, 3.63) is 0 Å². The lowest BCUT2D eigenvalue weighted by Gasteiger charge is -2.26. The Kier molecular flexibility index (Phi) is 6.38. The molecule has 0 aromatic rings. The third-order valence-corrected chi connectivity index (χ3v) is 2.05. The third-order valence-electron chi connectivity index (χ3n) is 2.05. The molecule has 1 saturated heterocycles. The molecule has 1 aliphatic rings. The minimum absolute atomic E-state index is 0. The number of nitrogens with zero attached hydrogens (tertiary/aromatic N) is 1. The summed E-state index contributed by atoms with van der Waals surface area (Å²) in [4.78, 5) is 13.1. The van der Waals surface area contributed by atoms with Gasteiger partial charge in [0.2, 0.25) is 5.91 Å². The fourth-order valence-electron chi connectivity index (χ4n) is 1.34. The SMILES string of the molecule is Br.CNCCN1CCCCC1=O. The van der Waals surface area contributed by atoms with Gasteiger partial charge in [0.1, 0.15) is 0 Å². The molecule has 0 unspecified atom stereocenters. The number of carbonyl (C=O) groups excluding carboxylic acids is 1. The van der Waals surface area contributed by atoms with Crippen LogP contribution in [0.4, 0.5) is 0 Å². The van der Waals surface area contributed by atoms with E-state index in [-0.39, 0.29) is 17.0 Å². The van der Waals surface area contributed by atoms with Gasteiger partial charge in [-0.2, -0.15) is 0 Å². The molecule has 0 bridgehead atoms. The lowest BCUT2D eigenvalue weighted by atomic mass is 10.1. The molecule has 1 fully saturated rings. The molecule has 1 heterocycles. The number of piperidine rings is 1. The van der Waals surface area contributed by atoms with Crippen molar-refractivity contribution < 1.29 is 4.79 Å². The summed E-state index contributed by atoms with van der Waals surface area (Å²) >= 11 is 0. The first-order chi connectivity index (χ1) is 5.34. The van der Waals surface area contributed by atoms with E-state index in [1.54, 1.807) is 0 Å². The first-order valence-electron chi connectivity index (χ1n) is 4.27. The van der Waals surface area contributed by atoms with Crippen LogP contribution in [0.25, 0.3) is 0 Å². The molecule has 0 aliphatic carbocycles. The quantitative estimate of drug-likeness (QED) is 0.787. The molecule has 72 valence electrons. The Bertz CT molecular complexity index is 141. The normalized spacial score (nSPS) is 17.4. The largest absolute Gasteiger partial charge is 0.341 e. The highest BCUT2D eigenvalue weighted by Gasteiger charge is 2.16. The predicted molar refractivity (Wildman–Crippen MR) is 54.7 cm³/mol. The summed E-state index contributed by atoms with van der Waals surface area (Å²) in [5.74, 6) is 0.325. The van der Waals surface area contributed by atoms with Crippen molar-refractivity contribution in [1.29, 1.82) is 0 Å². The molecule has 0 radical (unpaired) electrons. The van der Waals surface area contributed by atoms with Gasteiger partial charge in [-0.1, -0.05) is 0 Å². The molecule has 1 amide bonds. The van der Waals surface area contributed by atoms with E-state index in [0.717, 1.165) is 32.5 Å². The first kappa shape index (κ1) is 11.9. The molecule has 1 aliphatic heterocycles. The minimum atomic E-state index is 0. The van der Waals surface area contributed by atoms with Crippen LogP contribution in [-0.4, -0.2) is 37.5 Å². The molecule has 0 aromatic heterocycles. The summed E-state index contributed by atoms with van der Waals surface area (Å²) in [7, 11) is 1.91. The summed E-state index contributed by atoms with van der Waals surface area (Å²) in [5.41, 5.74) is 0. The van der Waals surface area contributed by atoms with E-state index in [0.29, 0.717) is 5.91 Å². The Balaban J connectivity index is 0.00000121. The van der Waals surface area contributed by atoms with Crippen LogP contribution in [0.3, 0.4) is 0 Å². The average Bonchev–Trinajstić information content (AvgIpc) is 2.03. The lowest BCUT2D eigenvalue weighted by molar-refractivity contribution is -0.133. The van der Waals surface area contributed by atoms with Crippen LogP contribution in [0.15, 0.2) is 0 Å². The van der Waals surface area contributed by atoms with E-state index in [1.165, 1.54) is 6.42 Å². The molecule has 4 heteroatoms. The molecule has 1 rings (SSSR count). The second-order valence-electron chi connectivity index (χ2n) is 2.94. The van der Waals surface area contributed by atoms with Gasteiger partial charge >= 0.3 is 0 Å². The fraction of sp³-hybridized carbons (Fsp3) is 0.875. The summed E-state index contributed by atoms with van der Waals surface area (Å²) in [5, 5.41) is 3.04. The van der Waals surface area contributed by atoms with Gasteiger partial charge in [-0.3, -0.25) is 4.79 Å². The average molecular weight is 237 g/mol. The van der Waals surface area contributed by atoms with Crippen LogP contribution >= 0.6 is 17.0 Å². The maximum Gasteiger partial charge on any atom is 0.222 e. The van der Waals surface area contributed by atoms with Crippen LogP contribution in [0, 0.1) is 0 Å². The van der Waals surface area contributed by atoms with Gasteiger partial charge in [0.15, 0.2) is 0 Å². The topological polar surface area (TPSA) is 32.3 Å². The smallest absolute Gasteiger partial charge is 0.222 e. The van der Waals surface area contributed by atoms with E-state index in [2.05, 4.69) is 5.32 Å².